The van der Waals surface area contributed by atoms with E-state index >= 15 is 0 Å². The highest BCUT2D eigenvalue weighted by Crippen LogP contribution is 2.26. The highest BCUT2D eigenvalue weighted by molar-refractivity contribution is 5.73. The van der Waals surface area contributed by atoms with E-state index in [1.807, 2.05) is 4.90 Å². The highest BCUT2D eigenvalue weighted by atomic mass is 16.2. The molecule has 0 aromatic carbocycles. The first-order chi connectivity index (χ1) is 6.65. The van der Waals surface area contributed by atoms with Gasteiger partial charge in [-0.2, -0.15) is 0 Å². The lowest BCUT2D eigenvalue weighted by Gasteiger charge is -2.24. The van der Waals surface area contributed by atoms with Crippen LogP contribution in [-0.2, 0) is 4.79 Å². The summed E-state index contributed by atoms with van der Waals surface area (Å²) in [5, 5.41) is 0. The first-order valence-corrected chi connectivity index (χ1v) is 5.61. The first kappa shape index (κ1) is 11.5. The zero-order chi connectivity index (χ0) is 10.6. The number of amides is 1. The van der Waals surface area contributed by atoms with Crippen LogP contribution in [0.2, 0.25) is 0 Å². The molecule has 1 aliphatic rings. The van der Waals surface area contributed by atoms with E-state index in [1.165, 1.54) is 19.3 Å². The Bertz CT molecular complexity index is 190. The van der Waals surface area contributed by atoms with Crippen LogP contribution in [-0.4, -0.2) is 48.4 Å². The summed E-state index contributed by atoms with van der Waals surface area (Å²) in [5.74, 6) is 0.234. The van der Waals surface area contributed by atoms with E-state index in [0.717, 1.165) is 19.6 Å². The summed E-state index contributed by atoms with van der Waals surface area (Å²) in [7, 11) is 2.12. The Morgan fingerprint density at radius 3 is 2.36 bits per heavy atom. The van der Waals surface area contributed by atoms with Gasteiger partial charge in [-0.3, -0.25) is 4.79 Å². The molecule has 0 heterocycles. The van der Waals surface area contributed by atoms with Crippen molar-refractivity contribution in [2.24, 2.45) is 0 Å². The van der Waals surface area contributed by atoms with Gasteiger partial charge in [0, 0.05) is 26.1 Å². The molecule has 0 spiro atoms. The molecule has 1 saturated carbocycles. The molecule has 14 heavy (non-hydrogen) atoms. The molecular formula is C11H22N2O. The van der Waals surface area contributed by atoms with Crippen molar-refractivity contribution in [1.82, 2.24) is 9.80 Å². The summed E-state index contributed by atoms with van der Waals surface area (Å²) in [4.78, 5) is 15.6. The van der Waals surface area contributed by atoms with Crippen LogP contribution >= 0.6 is 0 Å². The van der Waals surface area contributed by atoms with Crippen molar-refractivity contribution in [1.29, 1.82) is 0 Å². The minimum Gasteiger partial charge on any atom is -0.339 e. The van der Waals surface area contributed by atoms with Crippen LogP contribution in [0, 0.1) is 0 Å². The van der Waals surface area contributed by atoms with Gasteiger partial charge >= 0.3 is 0 Å². The lowest BCUT2D eigenvalue weighted by molar-refractivity contribution is -0.129. The van der Waals surface area contributed by atoms with Gasteiger partial charge in [-0.1, -0.05) is 6.92 Å². The van der Waals surface area contributed by atoms with Crippen molar-refractivity contribution >= 4 is 5.91 Å². The van der Waals surface area contributed by atoms with Gasteiger partial charge in [0.25, 0.3) is 0 Å². The lowest BCUT2D eigenvalue weighted by atomic mass is 10.4. The molecular weight excluding hydrogens is 176 g/mol. The van der Waals surface area contributed by atoms with Gasteiger partial charge in [-0.25, -0.2) is 0 Å². The second kappa shape index (κ2) is 5.35. The molecule has 82 valence electrons. The Hall–Kier alpha value is -0.570. The van der Waals surface area contributed by atoms with Crippen molar-refractivity contribution in [3.8, 4) is 0 Å². The van der Waals surface area contributed by atoms with Crippen molar-refractivity contribution in [2.45, 2.75) is 39.2 Å². The minimum absolute atomic E-state index is 0.234. The number of likely N-dealkylation sites (N-methyl/N-ethyl adjacent to an activating group) is 1. The van der Waals surface area contributed by atoms with Crippen LogP contribution < -0.4 is 0 Å². The van der Waals surface area contributed by atoms with E-state index in [2.05, 4.69) is 18.9 Å². The summed E-state index contributed by atoms with van der Waals surface area (Å²) in [6, 6.07) is 0.558. The van der Waals surface area contributed by atoms with E-state index in [1.54, 1.807) is 6.92 Å². The monoisotopic (exact) mass is 198 g/mol. The maximum absolute atomic E-state index is 11.3. The number of hydrogen-bond donors (Lipinski definition) is 0. The van der Waals surface area contributed by atoms with Gasteiger partial charge in [0.2, 0.25) is 5.91 Å². The van der Waals surface area contributed by atoms with Crippen LogP contribution in [0.4, 0.5) is 0 Å². The van der Waals surface area contributed by atoms with E-state index in [9.17, 15) is 4.79 Å². The van der Waals surface area contributed by atoms with Crippen LogP contribution in [0.5, 0.6) is 0 Å². The van der Waals surface area contributed by atoms with Gasteiger partial charge in [-0.15, -0.1) is 0 Å². The predicted molar refractivity (Wildman–Crippen MR) is 58.2 cm³/mol. The van der Waals surface area contributed by atoms with Crippen LogP contribution in [0.1, 0.15) is 33.1 Å². The van der Waals surface area contributed by atoms with Crippen LogP contribution in [0.25, 0.3) is 0 Å². The molecule has 3 nitrogen and oxygen atoms in total. The first-order valence-electron chi connectivity index (χ1n) is 5.61. The zero-order valence-corrected chi connectivity index (χ0v) is 9.62. The Balaban J connectivity index is 2.22. The molecule has 1 amide bonds. The fourth-order valence-corrected chi connectivity index (χ4v) is 1.76. The van der Waals surface area contributed by atoms with E-state index in [0.29, 0.717) is 6.04 Å². The van der Waals surface area contributed by atoms with Crippen LogP contribution in [0.3, 0.4) is 0 Å². The predicted octanol–water partition coefficient (Wildman–Crippen LogP) is 1.34. The topological polar surface area (TPSA) is 23.6 Å². The van der Waals surface area contributed by atoms with Gasteiger partial charge < -0.3 is 9.80 Å². The van der Waals surface area contributed by atoms with Gasteiger partial charge in [-0.05, 0) is 32.9 Å². The maximum Gasteiger partial charge on any atom is 0.219 e. The largest absolute Gasteiger partial charge is 0.339 e. The smallest absolute Gasteiger partial charge is 0.219 e. The number of nitrogens with zero attached hydrogens (tertiary/aromatic N) is 2. The summed E-state index contributed by atoms with van der Waals surface area (Å²) < 4.78 is 0. The second-order valence-electron chi connectivity index (χ2n) is 4.25. The third kappa shape index (κ3) is 3.66. The standard InChI is InChI=1S/C11H22N2O/c1-4-7-12(3)8-9-13(10(2)14)11-5-6-11/h11H,4-9H2,1-3H3. The molecule has 0 aromatic rings. The Labute approximate surface area is 87.1 Å². The summed E-state index contributed by atoms with van der Waals surface area (Å²) in [5.41, 5.74) is 0. The van der Waals surface area contributed by atoms with Crippen molar-refractivity contribution in [3.63, 3.8) is 0 Å². The third-order valence-electron chi connectivity index (χ3n) is 2.72. The van der Waals surface area contributed by atoms with Gasteiger partial charge in [0.1, 0.15) is 0 Å². The molecule has 0 aliphatic heterocycles. The number of hydrogen-bond acceptors (Lipinski definition) is 2. The third-order valence-corrected chi connectivity index (χ3v) is 2.72. The average Bonchev–Trinajstić information content (AvgIpc) is 2.88. The Morgan fingerprint density at radius 2 is 1.93 bits per heavy atom. The summed E-state index contributed by atoms with van der Waals surface area (Å²) >= 11 is 0. The summed E-state index contributed by atoms with van der Waals surface area (Å²) in [6.45, 7) is 6.88. The average molecular weight is 198 g/mol. The summed E-state index contributed by atoms with van der Waals surface area (Å²) in [6.07, 6.45) is 3.59. The zero-order valence-electron chi connectivity index (χ0n) is 9.62. The van der Waals surface area contributed by atoms with Crippen molar-refractivity contribution in [2.75, 3.05) is 26.7 Å². The number of carbonyl (C=O) groups is 1. The van der Waals surface area contributed by atoms with Crippen molar-refractivity contribution in [3.05, 3.63) is 0 Å². The molecule has 0 atom stereocenters. The second-order valence-corrected chi connectivity index (χ2v) is 4.25. The lowest BCUT2D eigenvalue weighted by Crippen LogP contribution is -2.37. The fraction of sp³-hybridized carbons (Fsp3) is 0.909. The molecule has 1 aliphatic carbocycles. The molecule has 1 fully saturated rings. The normalized spacial score (nSPS) is 16.0. The van der Waals surface area contributed by atoms with Gasteiger partial charge in [0.15, 0.2) is 0 Å². The highest BCUT2D eigenvalue weighted by Gasteiger charge is 2.30. The molecule has 3 heteroatoms. The molecule has 0 radical (unpaired) electrons. The quantitative estimate of drug-likeness (QED) is 0.643. The SMILES string of the molecule is CCCN(C)CCN(C(C)=O)C1CC1. The van der Waals surface area contributed by atoms with E-state index in [-0.39, 0.29) is 5.91 Å². The molecule has 0 saturated heterocycles. The van der Waals surface area contributed by atoms with E-state index < -0.39 is 0 Å². The minimum atomic E-state index is 0.234. The fourth-order valence-electron chi connectivity index (χ4n) is 1.76. The number of rotatable bonds is 6. The molecule has 0 N–H and O–H groups in total. The maximum atomic E-state index is 11.3. The molecule has 0 unspecified atom stereocenters. The van der Waals surface area contributed by atoms with E-state index in [4.69, 9.17) is 0 Å². The van der Waals surface area contributed by atoms with Gasteiger partial charge in [0.05, 0.1) is 0 Å². The molecule has 1 rings (SSSR count). The molecule has 0 bridgehead atoms. The Kier molecular flexibility index (Phi) is 4.39. The van der Waals surface area contributed by atoms with Crippen molar-refractivity contribution < 1.29 is 4.79 Å². The molecule has 0 aromatic heterocycles. The van der Waals surface area contributed by atoms with Crippen LogP contribution in [0.15, 0.2) is 0 Å². The Morgan fingerprint density at radius 1 is 1.29 bits per heavy atom. The number of carbonyl (C=O) groups excluding carboxylic acids is 1.